The van der Waals surface area contributed by atoms with Crippen molar-refractivity contribution in [2.24, 2.45) is 0 Å². The fourth-order valence-corrected chi connectivity index (χ4v) is 3.32. The molecule has 0 saturated carbocycles. The third-order valence-corrected chi connectivity index (χ3v) is 4.87. The summed E-state index contributed by atoms with van der Waals surface area (Å²) in [7, 11) is -3.03. The predicted molar refractivity (Wildman–Crippen MR) is 98.5 cm³/mol. The molecule has 2 aromatic carbocycles. The molecule has 29 heavy (non-hydrogen) atoms. The Labute approximate surface area is 165 Å². The van der Waals surface area contributed by atoms with Gasteiger partial charge >= 0.3 is 0 Å². The van der Waals surface area contributed by atoms with E-state index in [0.717, 1.165) is 24.3 Å². The Bertz CT molecular complexity index is 1030. The second-order valence-electron chi connectivity index (χ2n) is 6.28. The van der Waals surface area contributed by atoms with Gasteiger partial charge in [-0.1, -0.05) is 0 Å². The van der Waals surface area contributed by atoms with Crippen LogP contribution in [0.2, 0.25) is 0 Å². The van der Waals surface area contributed by atoms with Crippen LogP contribution in [0.5, 0.6) is 0 Å². The largest absolute Gasteiger partial charge is 0.335 e. The number of anilines is 1. The van der Waals surface area contributed by atoms with Crippen LogP contribution in [0.4, 0.5) is 18.9 Å². The van der Waals surface area contributed by atoms with Crippen molar-refractivity contribution in [2.75, 3.05) is 30.9 Å². The van der Waals surface area contributed by atoms with Crippen LogP contribution < -0.4 is 4.72 Å². The van der Waals surface area contributed by atoms with E-state index in [9.17, 15) is 31.2 Å². The van der Waals surface area contributed by atoms with E-state index in [0.29, 0.717) is 0 Å². The van der Waals surface area contributed by atoms with Crippen molar-refractivity contribution in [3.05, 3.63) is 65.0 Å². The maximum absolute atomic E-state index is 13.9. The van der Waals surface area contributed by atoms with E-state index in [4.69, 9.17) is 0 Å². The van der Waals surface area contributed by atoms with Gasteiger partial charge in [-0.15, -0.1) is 0 Å². The van der Waals surface area contributed by atoms with Gasteiger partial charge in [-0.25, -0.2) is 21.6 Å². The summed E-state index contributed by atoms with van der Waals surface area (Å²) in [5, 5.41) is 0. The minimum atomic E-state index is -3.03. The molecule has 1 N–H and O–H groups in total. The molecule has 11 heteroatoms. The highest BCUT2D eigenvalue weighted by Crippen LogP contribution is 2.18. The summed E-state index contributed by atoms with van der Waals surface area (Å²) in [6.07, 6.45) is 0. The molecule has 0 aliphatic carbocycles. The van der Waals surface area contributed by atoms with E-state index in [1.807, 2.05) is 4.72 Å². The second kappa shape index (κ2) is 8.52. The summed E-state index contributed by atoms with van der Waals surface area (Å²) in [6.45, 7) is 0.676. The molecule has 0 radical (unpaired) electrons. The van der Waals surface area contributed by atoms with E-state index in [1.165, 1.54) is 21.9 Å². The molecule has 1 heterocycles. The van der Waals surface area contributed by atoms with E-state index in [-0.39, 0.29) is 43.0 Å². The molecule has 1 aliphatic heterocycles. The average Bonchev–Trinajstić information content (AvgIpc) is 2.70. The monoisotopic (exact) mass is 427 g/mol. The molecular weight excluding hydrogens is 411 g/mol. The van der Waals surface area contributed by atoms with Gasteiger partial charge in [-0.2, -0.15) is 0 Å². The number of amides is 2. The molecule has 0 spiro atoms. The number of piperazine rings is 1. The lowest BCUT2D eigenvalue weighted by Gasteiger charge is -2.35. The number of thiol groups is 1. The first-order chi connectivity index (χ1) is 13.8. The summed E-state index contributed by atoms with van der Waals surface area (Å²) in [4.78, 5) is 27.8. The molecular formula is C18H16F3N3O4S. The Morgan fingerprint density at radius 1 is 0.759 bits per heavy atom. The van der Waals surface area contributed by atoms with E-state index < -0.39 is 40.2 Å². The van der Waals surface area contributed by atoms with Crippen LogP contribution >= 0.6 is 0 Å². The topological polar surface area (TPSA) is 86.8 Å². The quantitative estimate of drug-likeness (QED) is 0.727. The van der Waals surface area contributed by atoms with Crippen LogP contribution in [0.15, 0.2) is 36.4 Å². The molecule has 154 valence electrons. The maximum atomic E-state index is 13.9. The van der Waals surface area contributed by atoms with E-state index >= 15 is 0 Å². The van der Waals surface area contributed by atoms with Crippen molar-refractivity contribution in [3.8, 4) is 0 Å². The van der Waals surface area contributed by atoms with E-state index in [1.54, 1.807) is 0 Å². The van der Waals surface area contributed by atoms with Gasteiger partial charge in [0, 0.05) is 37.3 Å². The molecule has 2 aromatic rings. The highest BCUT2D eigenvalue weighted by molar-refractivity contribution is 7.73. The van der Waals surface area contributed by atoms with Gasteiger partial charge in [0.15, 0.2) is 11.6 Å². The molecule has 0 bridgehead atoms. The second-order valence-corrected chi connectivity index (χ2v) is 7.01. The third kappa shape index (κ3) is 4.67. The first-order valence-corrected chi connectivity index (χ1v) is 9.68. The number of carbonyl (C=O) groups excluding carboxylic acids is 2. The van der Waals surface area contributed by atoms with Gasteiger partial charge in [-0.05, 0) is 36.4 Å². The number of nitrogens with zero attached hydrogens (tertiary/aromatic N) is 2. The maximum Gasteiger partial charge on any atom is 0.254 e. The Hall–Kier alpha value is -3.08. The zero-order valence-corrected chi connectivity index (χ0v) is 15.8. The zero-order valence-electron chi connectivity index (χ0n) is 14.9. The van der Waals surface area contributed by atoms with Crippen LogP contribution in [0.1, 0.15) is 20.7 Å². The van der Waals surface area contributed by atoms with E-state index in [2.05, 4.69) is 0 Å². The van der Waals surface area contributed by atoms with Crippen molar-refractivity contribution in [1.29, 1.82) is 0 Å². The third-order valence-electron chi connectivity index (χ3n) is 4.45. The Morgan fingerprint density at radius 2 is 1.24 bits per heavy atom. The molecule has 0 unspecified atom stereocenters. The van der Waals surface area contributed by atoms with Crippen LogP contribution in [0, 0.1) is 17.5 Å². The standard InChI is InChI=1S/C18H16F3N3O4S/c19-13-3-1-11(9-14(13)20)17(25)23-5-7-24(8-6-23)18(26)12-2-4-16(15(21)10-12)22-29(27)28/h1-4,9-10,29H,5-8H2,(H,22,27,28). The number of benzene rings is 2. The van der Waals surface area contributed by atoms with Gasteiger partial charge in [0.1, 0.15) is 5.82 Å². The number of rotatable bonds is 4. The molecule has 7 nitrogen and oxygen atoms in total. The highest BCUT2D eigenvalue weighted by atomic mass is 32.2. The summed E-state index contributed by atoms with van der Waals surface area (Å²) in [5.74, 6) is -4.01. The van der Waals surface area contributed by atoms with Gasteiger partial charge in [0.2, 0.25) is 10.9 Å². The van der Waals surface area contributed by atoms with Crippen LogP contribution in [-0.2, 0) is 10.9 Å². The van der Waals surface area contributed by atoms with Crippen molar-refractivity contribution in [1.82, 2.24) is 9.80 Å². The van der Waals surface area contributed by atoms with Crippen LogP contribution in [-0.4, -0.2) is 56.2 Å². The molecule has 0 aromatic heterocycles. The lowest BCUT2D eigenvalue weighted by Crippen LogP contribution is -2.50. The summed E-state index contributed by atoms with van der Waals surface area (Å²) in [5.41, 5.74) is -0.222. The zero-order chi connectivity index (χ0) is 21.1. The number of carbonyl (C=O) groups is 2. The number of hydrogen-bond acceptors (Lipinski definition) is 4. The molecule has 3 rings (SSSR count). The average molecular weight is 427 g/mol. The highest BCUT2D eigenvalue weighted by Gasteiger charge is 2.26. The van der Waals surface area contributed by atoms with Crippen molar-refractivity contribution in [2.45, 2.75) is 0 Å². The first-order valence-electron chi connectivity index (χ1n) is 8.50. The van der Waals surface area contributed by atoms with Gasteiger partial charge < -0.3 is 9.80 Å². The van der Waals surface area contributed by atoms with Gasteiger partial charge in [0.25, 0.3) is 11.8 Å². The summed E-state index contributed by atoms with van der Waals surface area (Å²) in [6, 6.07) is 6.26. The van der Waals surface area contributed by atoms with Crippen molar-refractivity contribution in [3.63, 3.8) is 0 Å². The number of halogens is 3. The van der Waals surface area contributed by atoms with Crippen LogP contribution in [0.3, 0.4) is 0 Å². The fraction of sp³-hybridized carbons (Fsp3) is 0.222. The molecule has 0 atom stereocenters. The van der Waals surface area contributed by atoms with Crippen molar-refractivity contribution >= 4 is 28.4 Å². The molecule has 1 fully saturated rings. The molecule has 1 saturated heterocycles. The smallest absolute Gasteiger partial charge is 0.254 e. The fourth-order valence-electron chi connectivity index (χ4n) is 2.94. The Morgan fingerprint density at radius 3 is 1.69 bits per heavy atom. The van der Waals surface area contributed by atoms with Gasteiger partial charge in [-0.3, -0.25) is 14.3 Å². The van der Waals surface area contributed by atoms with Gasteiger partial charge in [0.05, 0.1) is 5.69 Å². The normalized spacial score (nSPS) is 14.2. The van der Waals surface area contributed by atoms with Crippen LogP contribution in [0.25, 0.3) is 0 Å². The lowest BCUT2D eigenvalue weighted by molar-refractivity contribution is 0.0535. The molecule has 2 amide bonds. The number of nitrogens with one attached hydrogen (secondary N) is 1. The lowest BCUT2D eigenvalue weighted by atomic mass is 10.1. The Kier molecular flexibility index (Phi) is 6.06. The molecule has 1 aliphatic rings. The SMILES string of the molecule is O=C(c1ccc(F)c(F)c1)N1CCN(C(=O)c2ccc(N[SH](=O)=O)c(F)c2)CC1. The minimum absolute atomic E-state index is 0.00513. The Balaban J connectivity index is 1.64. The summed E-state index contributed by atoms with van der Waals surface area (Å²) < 4.78 is 63.5. The predicted octanol–water partition coefficient (Wildman–Crippen LogP) is 1.64. The number of hydrogen-bond donors (Lipinski definition) is 2. The van der Waals surface area contributed by atoms with Crippen molar-refractivity contribution < 1.29 is 31.2 Å². The minimum Gasteiger partial charge on any atom is -0.335 e. The first kappa shape index (κ1) is 20.6. The summed E-state index contributed by atoms with van der Waals surface area (Å²) >= 11 is 0.